The number of nitrogens with zero attached hydrogens (tertiary/aromatic N) is 1. The number of fused-ring (bicyclic) bond motifs is 2. The average molecular weight is 370 g/mol. The zero-order valence-corrected chi connectivity index (χ0v) is 15.6. The quantitative estimate of drug-likeness (QED) is 0.743. The van der Waals surface area contributed by atoms with Crippen molar-refractivity contribution in [1.82, 2.24) is 9.29 Å². The van der Waals surface area contributed by atoms with Crippen LogP contribution in [0.5, 0.6) is 0 Å². The first kappa shape index (κ1) is 17.3. The van der Waals surface area contributed by atoms with Gasteiger partial charge in [-0.05, 0) is 44.0 Å². The highest BCUT2D eigenvalue weighted by atomic mass is 32.2. The van der Waals surface area contributed by atoms with Crippen molar-refractivity contribution in [2.75, 3.05) is 0 Å². The Labute approximate surface area is 153 Å². The van der Waals surface area contributed by atoms with Crippen LogP contribution in [0.25, 0.3) is 10.9 Å². The van der Waals surface area contributed by atoms with Crippen molar-refractivity contribution in [3.63, 3.8) is 0 Å². The lowest BCUT2D eigenvalue weighted by molar-refractivity contribution is 0.0687. The number of hydrogen-bond donors (Lipinski definition) is 2. The molecule has 2 heterocycles. The van der Waals surface area contributed by atoms with Crippen LogP contribution < -0.4 is 0 Å². The van der Waals surface area contributed by atoms with Crippen molar-refractivity contribution in [3.05, 3.63) is 65.9 Å². The molecule has 0 spiro atoms. The summed E-state index contributed by atoms with van der Waals surface area (Å²) in [7, 11) is -3.66. The molecule has 26 heavy (non-hydrogen) atoms. The van der Waals surface area contributed by atoms with Gasteiger partial charge in [0.1, 0.15) is 0 Å². The molecule has 2 aromatic carbocycles. The molecule has 4 rings (SSSR count). The van der Waals surface area contributed by atoms with E-state index < -0.39 is 22.2 Å². The van der Waals surface area contributed by atoms with Gasteiger partial charge in [0.25, 0.3) is 0 Å². The van der Waals surface area contributed by atoms with Crippen LogP contribution in [0.1, 0.15) is 31.1 Å². The third-order valence-corrected chi connectivity index (χ3v) is 7.28. The van der Waals surface area contributed by atoms with Crippen LogP contribution in [0.3, 0.4) is 0 Å². The number of rotatable bonds is 3. The molecule has 3 aromatic rings. The van der Waals surface area contributed by atoms with Crippen molar-refractivity contribution < 1.29 is 13.5 Å². The minimum atomic E-state index is -3.66. The van der Waals surface area contributed by atoms with E-state index in [2.05, 4.69) is 4.98 Å². The topological polar surface area (TPSA) is 73.4 Å². The number of benzene rings is 2. The number of hydrogen-bond acceptors (Lipinski definition) is 3. The molecule has 1 aromatic heterocycles. The van der Waals surface area contributed by atoms with Gasteiger partial charge in [-0.3, -0.25) is 0 Å². The summed E-state index contributed by atoms with van der Waals surface area (Å²) < 4.78 is 27.9. The Balaban J connectivity index is 1.85. The van der Waals surface area contributed by atoms with Gasteiger partial charge in [-0.1, -0.05) is 30.3 Å². The van der Waals surface area contributed by atoms with Crippen molar-refractivity contribution in [2.45, 2.75) is 43.4 Å². The second kappa shape index (κ2) is 6.23. The highest BCUT2D eigenvalue weighted by Crippen LogP contribution is 2.39. The molecule has 0 radical (unpaired) electrons. The van der Waals surface area contributed by atoms with Gasteiger partial charge >= 0.3 is 0 Å². The summed E-state index contributed by atoms with van der Waals surface area (Å²) in [5.41, 5.74) is 2.51. The lowest BCUT2D eigenvalue weighted by Crippen LogP contribution is -2.52. The summed E-state index contributed by atoms with van der Waals surface area (Å²) in [4.78, 5) is 3.39. The van der Waals surface area contributed by atoms with E-state index in [0.29, 0.717) is 12.0 Å². The van der Waals surface area contributed by atoms with Gasteiger partial charge in [0.15, 0.2) is 0 Å². The minimum Gasteiger partial charge on any atom is -0.387 e. The highest BCUT2D eigenvalue weighted by molar-refractivity contribution is 7.89. The fourth-order valence-corrected chi connectivity index (χ4v) is 6.08. The maximum atomic E-state index is 13.2. The Kier molecular flexibility index (Phi) is 4.14. The Morgan fingerprint density at radius 3 is 2.65 bits per heavy atom. The van der Waals surface area contributed by atoms with Crippen molar-refractivity contribution >= 4 is 20.9 Å². The van der Waals surface area contributed by atoms with Gasteiger partial charge < -0.3 is 10.1 Å². The van der Waals surface area contributed by atoms with Crippen LogP contribution in [0.4, 0.5) is 0 Å². The summed E-state index contributed by atoms with van der Waals surface area (Å²) in [6.45, 7) is 3.70. The molecule has 0 unspecified atom stereocenters. The Bertz CT molecular complexity index is 1060. The SMILES string of the molecule is CC(C)N1[C@H](Cc2cccc3[nH]ccc23)[C@@H](O)c2ccccc2S1(=O)=O. The van der Waals surface area contributed by atoms with Gasteiger partial charge in [-0.25, -0.2) is 8.42 Å². The van der Waals surface area contributed by atoms with E-state index in [1.54, 1.807) is 24.3 Å². The van der Waals surface area contributed by atoms with Crippen LogP contribution >= 0.6 is 0 Å². The average Bonchev–Trinajstić information content (AvgIpc) is 3.09. The summed E-state index contributed by atoms with van der Waals surface area (Å²) in [6, 6.07) is 13.9. The smallest absolute Gasteiger partial charge is 0.244 e. The minimum absolute atomic E-state index is 0.206. The molecule has 0 amide bonds. The summed E-state index contributed by atoms with van der Waals surface area (Å²) in [5, 5.41) is 12.1. The molecule has 0 fully saturated rings. The zero-order valence-electron chi connectivity index (χ0n) is 14.8. The number of nitrogens with one attached hydrogen (secondary N) is 1. The monoisotopic (exact) mass is 370 g/mol. The van der Waals surface area contributed by atoms with Crippen LogP contribution in [-0.2, 0) is 16.4 Å². The summed E-state index contributed by atoms with van der Waals surface area (Å²) >= 11 is 0. The molecule has 2 atom stereocenters. The number of sulfonamides is 1. The number of aromatic nitrogens is 1. The third kappa shape index (κ3) is 2.57. The number of aromatic amines is 1. The molecule has 6 heteroatoms. The third-order valence-electron chi connectivity index (χ3n) is 5.11. The number of aliphatic hydroxyl groups is 1. The van der Waals surface area contributed by atoms with Gasteiger partial charge in [-0.2, -0.15) is 4.31 Å². The van der Waals surface area contributed by atoms with Gasteiger partial charge in [-0.15, -0.1) is 0 Å². The maximum Gasteiger partial charge on any atom is 0.244 e. The molecule has 0 aliphatic carbocycles. The first-order valence-electron chi connectivity index (χ1n) is 8.77. The van der Waals surface area contributed by atoms with E-state index in [0.717, 1.165) is 16.5 Å². The molecule has 2 N–H and O–H groups in total. The van der Waals surface area contributed by atoms with E-state index in [4.69, 9.17) is 0 Å². The van der Waals surface area contributed by atoms with Gasteiger partial charge in [0, 0.05) is 28.7 Å². The molecule has 0 bridgehead atoms. The fraction of sp³-hybridized carbons (Fsp3) is 0.300. The Morgan fingerprint density at radius 2 is 1.88 bits per heavy atom. The molecule has 0 saturated carbocycles. The first-order valence-corrected chi connectivity index (χ1v) is 10.2. The standard InChI is InChI=1S/C20H22N2O3S/c1-13(2)22-18(12-14-6-5-8-17-15(14)10-11-21-17)20(23)16-7-3-4-9-19(16)26(22,24)25/h3-11,13,18,20-21,23H,12H2,1-2H3/t18-,20+/m1/s1. The Morgan fingerprint density at radius 1 is 1.12 bits per heavy atom. The lowest BCUT2D eigenvalue weighted by Gasteiger charge is -2.41. The van der Waals surface area contributed by atoms with Crippen molar-refractivity contribution in [3.8, 4) is 0 Å². The molecule has 1 aliphatic rings. The van der Waals surface area contributed by atoms with Crippen LogP contribution in [0.2, 0.25) is 0 Å². The summed E-state index contributed by atoms with van der Waals surface area (Å²) in [5.74, 6) is 0. The molecule has 136 valence electrons. The van der Waals surface area contributed by atoms with E-state index in [9.17, 15) is 13.5 Å². The van der Waals surface area contributed by atoms with Crippen LogP contribution in [0, 0.1) is 0 Å². The molecule has 1 aliphatic heterocycles. The largest absolute Gasteiger partial charge is 0.387 e. The first-order chi connectivity index (χ1) is 12.4. The number of aliphatic hydroxyl groups excluding tert-OH is 1. The second-order valence-electron chi connectivity index (χ2n) is 7.04. The lowest BCUT2D eigenvalue weighted by atomic mass is 9.93. The second-order valence-corrected chi connectivity index (χ2v) is 8.85. The van der Waals surface area contributed by atoms with Crippen molar-refractivity contribution in [1.29, 1.82) is 0 Å². The predicted molar refractivity (Wildman–Crippen MR) is 101 cm³/mol. The number of H-pyrrole nitrogens is 1. The Hall–Kier alpha value is -2.15. The molecular formula is C20H22N2O3S. The van der Waals surface area contributed by atoms with Crippen LogP contribution in [0.15, 0.2) is 59.6 Å². The highest BCUT2D eigenvalue weighted by Gasteiger charge is 2.44. The van der Waals surface area contributed by atoms with E-state index in [-0.39, 0.29) is 10.9 Å². The van der Waals surface area contributed by atoms with Crippen LogP contribution in [-0.4, -0.2) is 34.9 Å². The normalized spacial score (nSPS) is 22.6. The predicted octanol–water partition coefficient (Wildman–Crippen LogP) is 3.23. The summed E-state index contributed by atoms with van der Waals surface area (Å²) in [6.07, 6.45) is 1.45. The fourth-order valence-electron chi connectivity index (χ4n) is 4.01. The van der Waals surface area contributed by atoms with Gasteiger partial charge in [0.05, 0.1) is 17.0 Å². The van der Waals surface area contributed by atoms with E-state index in [1.807, 2.05) is 44.3 Å². The molecule has 5 nitrogen and oxygen atoms in total. The molecular weight excluding hydrogens is 348 g/mol. The van der Waals surface area contributed by atoms with E-state index >= 15 is 0 Å². The maximum absolute atomic E-state index is 13.2. The van der Waals surface area contributed by atoms with Gasteiger partial charge in [0.2, 0.25) is 10.0 Å². The molecule has 0 saturated heterocycles. The van der Waals surface area contributed by atoms with Crippen molar-refractivity contribution in [2.24, 2.45) is 0 Å². The zero-order chi connectivity index (χ0) is 18.5. The van der Waals surface area contributed by atoms with E-state index in [1.165, 1.54) is 4.31 Å².